The number of amides is 1. The maximum Gasteiger partial charge on any atom is 0.435 e. The van der Waals surface area contributed by atoms with Gasteiger partial charge in [0.25, 0.3) is 5.60 Å². The fourth-order valence-corrected chi connectivity index (χ4v) is 4.66. The number of oxime groups is 1. The number of carbonyl (C=O) groups excluding carboxylic acids is 1. The van der Waals surface area contributed by atoms with Crippen LogP contribution in [0.15, 0.2) is 47.6 Å². The van der Waals surface area contributed by atoms with Crippen LogP contribution < -0.4 is 0 Å². The van der Waals surface area contributed by atoms with Gasteiger partial charge in [-0.3, -0.25) is 9.00 Å². The van der Waals surface area contributed by atoms with Crippen LogP contribution in [0.4, 0.5) is 22.0 Å². The van der Waals surface area contributed by atoms with Crippen molar-refractivity contribution in [2.75, 3.05) is 25.1 Å². The van der Waals surface area contributed by atoms with Gasteiger partial charge >= 0.3 is 6.18 Å². The molecule has 5 nitrogen and oxygen atoms in total. The van der Waals surface area contributed by atoms with Crippen molar-refractivity contribution in [2.45, 2.75) is 23.9 Å². The van der Waals surface area contributed by atoms with Crippen molar-refractivity contribution < 1.29 is 35.8 Å². The second-order valence-electron chi connectivity index (χ2n) is 8.27. The SMILES string of the molecule is CS(=O)CC(=O)N1CC(F)(c2ccc(C3=NOC(c4ccc(F)c(Cl)c4)(C(F)(F)F)C3)cc2)C1. The molecule has 0 saturated carbocycles. The highest BCUT2D eigenvalue weighted by Gasteiger charge is 2.62. The quantitative estimate of drug-likeness (QED) is 0.548. The Morgan fingerprint density at radius 3 is 2.35 bits per heavy atom. The monoisotopic (exact) mass is 520 g/mol. The van der Waals surface area contributed by atoms with Gasteiger partial charge in [-0.2, -0.15) is 13.2 Å². The number of alkyl halides is 4. The van der Waals surface area contributed by atoms with Gasteiger partial charge in [0.1, 0.15) is 11.6 Å². The second-order valence-corrected chi connectivity index (χ2v) is 10.1. The Kier molecular flexibility index (Phi) is 6.22. The van der Waals surface area contributed by atoms with Gasteiger partial charge in [0.15, 0.2) is 5.67 Å². The minimum Gasteiger partial charge on any atom is -0.374 e. The number of benzene rings is 2. The van der Waals surface area contributed by atoms with Crippen molar-refractivity contribution in [1.29, 1.82) is 0 Å². The molecule has 12 heteroatoms. The predicted octanol–water partition coefficient (Wildman–Crippen LogP) is 4.45. The largest absolute Gasteiger partial charge is 0.435 e. The number of hydrogen-bond acceptors (Lipinski definition) is 4. The zero-order chi connectivity index (χ0) is 24.9. The predicted molar refractivity (Wildman–Crippen MR) is 116 cm³/mol. The Morgan fingerprint density at radius 1 is 1.18 bits per heavy atom. The van der Waals surface area contributed by atoms with Gasteiger partial charge < -0.3 is 9.74 Å². The molecule has 2 aromatic rings. The Bertz CT molecular complexity index is 1180. The van der Waals surface area contributed by atoms with Crippen LogP contribution in [-0.4, -0.2) is 52.0 Å². The highest BCUT2D eigenvalue weighted by atomic mass is 35.5. The summed E-state index contributed by atoms with van der Waals surface area (Å²) in [7, 11) is -1.33. The Morgan fingerprint density at radius 2 is 1.79 bits per heavy atom. The summed E-state index contributed by atoms with van der Waals surface area (Å²) in [6.45, 7) is -0.399. The molecular formula is C22H18ClF5N2O3S. The molecule has 0 radical (unpaired) electrons. The fourth-order valence-electron chi connectivity index (χ4n) is 3.95. The topological polar surface area (TPSA) is 59.0 Å². The lowest BCUT2D eigenvalue weighted by Crippen LogP contribution is -2.59. The first-order valence-electron chi connectivity index (χ1n) is 10.00. The maximum absolute atomic E-state index is 15.1. The summed E-state index contributed by atoms with van der Waals surface area (Å²) in [5.41, 5.74) is -4.51. The van der Waals surface area contributed by atoms with Gasteiger partial charge in [0.2, 0.25) is 5.91 Å². The van der Waals surface area contributed by atoms with E-state index in [9.17, 15) is 26.6 Å². The summed E-state index contributed by atoms with van der Waals surface area (Å²) in [5.74, 6) is -1.46. The summed E-state index contributed by atoms with van der Waals surface area (Å²) < 4.78 is 81.9. The maximum atomic E-state index is 15.1. The highest BCUT2D eigenvalue weighted by molar-refractivity contribution is 7.85. The summed E-state index contributed by atoms with van der Waals surface area (Å²) in [5, 5.41) is 3.15. The van der Waals surface area contributed by atoms with Crippen LogP contribution in [0.5, 0.6) is 0 Å². The van der Waals surface area contributed by atoms with Gasteiger partial charge in [-0.15, -0.1) is 0 Å². The molecular weight excluding hydrogens is 503 g/mol. The standard InChI is InChI=1S/C22H18ClF5N2O3S/c1-34(32)10-19(31)30-11-20(25,12-30)14-4-2-13(3-5-14)18-9-21(33-29-18,22(26,27)28)15-6-7-17(24)16(23)8-15/h2-8H,9-12H2,1H3. The molecule has 1 saturated heterocycles. The third-order valence-electron chi connectivity index (χ3n) is 5.87. The average Bonchev–Trinajstić information content (AvgIpc) is 3.20. The molecule has 0 spiro atoms. The van der Waals surface area contributed by atoms with Crippen molar-refractivity contribution in [3.63, 3.8) is 0 Å². The zero-order valence-electron chi connectivity index (χ0n) is 17.7. The van der Waals surface area contributed by atoms with Crippen LogP contribution in [0, 0.1) is 5.82 Å². The van der Waals surface area contributed by atoms with Gasteiger partial charge in [-0.25, -0.2) is 8.78 Å². The molecule has 34 heavy (non-hydrogen) atoms. The first-order chi connectivity index (χ1) is 15.8. The van der Waals surface area contributed by atoms with Crippen molar-refractivity contribution in [3.8, 4) is 0 Å². The number of likely N-dealkylation sites (tertiary alicyclic amines) is 1. The van der Waals surface area contributed by atoms with Crippen LogP contribution in [-0.2, 0) is 31.7 Å². The lowest BCUT2D eigenvalue weighted by Gasteiger charge is -2.44. The van der Waals surface area contributed by atoms with Crippen LogP contribution in [0.25, 0.3) is 0 Å². The molecule has 0 bridgehead atoms. The molecule has 1 fully saturated rings. The molecule has 0 aromatic heterocycles. The first kappa shape index (κ1) is 24.6. The molecule has 182 valence electrons. The molecule has 2 aromatic carbocycles. The van der Waals surface area contributed by atoms with Gasteiger partial charge in [-0.1, -0.05) is 47.1 Å². The van der Waals surface area contributed by atoms with E-state index in [1.165, 1.54) is 35.4 Å². The Hall–Kier alpha value is -2.53. The van der Waals surface area contributed by atoms with Crippen LogP contribution >= 0.6 is 11.6 Å². The average molecular weight is 521 g/mol. The smallest absolute Gasteiger partial charge is 0.374 e. The molecule has 2 aliphatic heterocycles. The lowest BCUT2D eigenvalue weighted by atomic mass is 9.85. The summed E-state index contributed by atoms with van der Waals surface area (Å²) in [4.78, 5) is 18.1. The normalized spacial score (nSPS) is 22.6. The van der Waals surface area contributed by atoms with Crippen molar-refractivity contribution in [1.82, 2.24) is 4.90 Å². The summed E-state index contributed by atoms with van der Waals surface area (Å²) >= 11 is 5.68. The third-order valence-corrected chi connectivity index (χ3v) is 6.81. The van der Waals surface area contributed by atoms with E-state index in [0.29, 0.717) is 5.56 Å². The third kappa shape index (κ3) is 4.31. The van der Waals surface area contributed by atoms with Crippen molar-refractivity contribution in [2.24, 2.45) is 5.16 Å². The molecule has 1 amide bonds. The molecule has 4 rings (SSSR count). The fraction of sp³-hybridized carbons (Fsp3) is 0.364. The van der Waals surface area contributed by atoms with E-state index < -0.39 is 57.0 Å². The molecule has 2 heterocycles. The van der Waals surface area contributed by atoms with Crippen molar-refractivity contribution >= 4 is 34.0 Å². The van der Waals surface area contributed by atoms with E-state index >= 15 is 4.39 Å². The second kappa shape index (κ2) is 8.60. The Labute approximate surface area is 199 Å². The minimum atomic E-state index is -4.88. The van der Waals surface area contributed by atoms with Crippen LogP contribution in [0.3, 0.4) is 0 Å². The highest BCUT2D eigenvalue weighted by Crippen LogP contribution is 2.49. The summed E-state index contributed by atoms with van der Waals surface area (Å²) in [6, 6.07) is 8.31. The number of halogens is 6. The molecule has 0 N–H and O–H groups in total. The van der Waals surface area contributed by atoms with Crippen LogP contribution in [0.1, 0.15) is 23.1 Å². The first-order valence-corrected chi connectivity index (χ1v) is 12.1. The van der Waals surface area contributed by atoms with Gasteiger partial charge in [0, 0.05) is 29.0 Å². The zero-order valence-corrected chi connectivity index (χ0v) is 19.2. The molecule has 2 aliphatic rings. The van der Waals surface area contributed by atoms with Crippen molar-refractivity contribution in [3.05, 3.63) is 70.0 Å². The lowest BCUT2D eigenvalue weighted by molar-refractivity contribution is -0.275. The number of nitrogens with zero attached hydrogens (tertiary/aromatic N) is 2. The van der Waals surface area contributed by atoms with E-state index in [1.807, 2.05) is 0 Å². The minimum absolute atomic E-state index is 0.0203. The van der Waals surface area contributed by atoms with E-state index in [-0.39, 0.29) is 30.1 Å². The number of hydrogen-bond donors (Lipinski definition) is 0. The molecule has 2 atom stereocenters. The number of carbonyl (C=O) groups is 1. The van der Waals surface area contributed by atoms with Gasteiger partial charge in [0.05, 0.1) is 23.8 Å². The van der Waals surface area contributed by atoms with E-state index in [2.05, 4.69) is 5.16 Å². The van der Waals surface area contributed by atoms with E-state index in [0.717, 1.165) is 18.2 Å². The van der Waals surface area contributed by atoms with Gasteiger partial charge in [-0.05, 0) is 23.3 Å². The summed E-state index contributed by atoms with van der Waals surface area (Å²) in [6.07, 6.45) is -4.19. The van der Waals surface area contributed by atoms with E-state index in [1.54, 1.807) is 0 Å². The van der Waals surface area contributed by atoms with E-state index in [4.69, 9.17) is 16.4 Å². The number of rotatable bonds is 5. The molecule has 0 aliphatic carbocycles. The Balaban J connectivity index is 1.51. The molecule has 2 unspecified atom stereocenters. The van der Waals surface area contributed by atoms with Crippen LogP contribution in [0.2, 0.25) is 5.02 Å².